The fraction of sp³-hybridized carbons (Fsp3) is 0.0909. The summed E-state index contributed by atoms with van der Waals surface area (Å²) in [4.78, 5) is 24.1. The van der Waals surface area contributed by atoms with E-state index in [0.29, 0.717) is 22.3 Å². The number of rotatable bonds is 5. The maximum Gasteiger partial charge on any atom is 0.416 e. The smallest absolute Gasteiger partial charge is 0.348 e. The molecule has 3 aromatic carbocycles. The Balaban J connectivity index is 1.75. The average molecular weight is 414 g/mol. The molecular formula is C22H17F3N2O3. The minimum Gasteiger partial charge on any atom is -0.348 e. The van der Waals surface area contributed by atoms with Gasteiger partial charge in [0.25, 0.3) is 11.8 Å². The minimum absolute atomic E-state index is 0.0564. The highest BCUT2D eigenvalue weighted by atomic mass is 19.4. The monoisotopic (exact) mass is 414 g/mol. The Morgan fingerprint density at radius 1 is 0.800 bits per heavy atom. The van der Waals surface area contributed by atoms with Crippen LogP contribution < -0.4 is 10.8 Å². The van der Waals surface area contributed by atoms with Crippen molar-refractivity contribution in [2.24, 2.45) is 0 Å². The van der Waals surface area contributed by atoms with Crippen LogP contribution in [0.25, 0.3) is 11.1 Å². The molecule has 0 aliphatic rings. The predicted octanol–water partition coefficient (Wildman–Crippen LogP) is 4.42. The molecule has 0 aromatic heterocycles. The molecule has 0 bridgehead atoms. The normalized spacial score (nSPS) is 11.1. The number of hydrogen-bond acceptors (Lipinski definition) is 3. The number of halogens is 3. The van der Waals surface area contributed by atoms with Gasteiger partial charge in [-0.15, -0.1) is 0 Å². The van der Waals surface area contributed by atoms with Crippen molar-refractivity contribution in [1.29, 1.82) is 0 Å². The van der Waals surface area contributed by atoms with Crippen LogP contribution >= 0.6 is 0 Å². The Morgan fingerprint density at radius 2 is 1.37 bits per heavy atom. The van der Waals surface area contributed by atoms with E-state index >= 15 is 0 Å². The SMILES string of the molecule is O=C(NO)c1cccc(-c2cccc(C(=O)NCc3cccc(C(F)(F)F)c3)c2)c1. The highest BCUT2D eigenvalue weighted by molar-refractivity contribution is 5.96. The number of carbonyl (C=O) groups excluding carboxylic acids is 2. The van der Waals surface area contributed by atoms with Gasteiger partial charge in [0.1, 0.15) is 0 Å². The summed E-state index contributed by atoms with van der Waals surface area (Å²) in [5.41, 5.74) is 3.00. The molecule has 0 saturated heterocycles. The maximum atomic E-state index is 12.8. The lowest BCUT2D eigenvalue weighted by Gasteiger charge is -2.10. The van der Waals surface area contributed by atoms with Crippen molar-refractivity contribution < 1.29 is 28.0 Å². The molecule has 0 radical (unpaired) electrons. The van der Waals surface area contributed by atoms with Crippen molar-refractivity contribution in [2.45, 2.75) is 12.7 Å². The largest absolute Gasteiger partial charge is 0.416 e. The van der Waals surface area contributed by atoms with E-state index in [2.05, 4.69) is 5.32 Å². The lowest BCUT2D eigenvalue weighted by molar-refractivity contribution is -0.137. The average Bonchev–Trinajstić information content (AvgIpc) is 2.76. The zero-order chi connectivity index (χ0) is 21.7. The molecule has 2 amide bonds. The topological polar surface area (TPSA) is 78.4 Å². The van der Waals surface area contributed by atoms with Crippen LogP contribution in [0.5, 0.6) is 0 Å². The summed E-state index contributed by atoms with van der Waals surface area (Å²) >= 11 is 0. The third-order valence-corrected chi connectivity index (χ3v) is 4.39. The van der Waals surface area contributed by atoms with Crippen LogP contribution in [0.15, 0.2) is 72.8 Å². The number of benzene rings is 3. The van der Waals surface area contributed by atoms with Gasteiger partial charge in [-0.05, 0) is 53.1 Å². The van der Waals surface area contributed by atoms with Crippen LogP contribution in [-0.4, -0.2) is 17.0 Å². The van der Waals surface area contributed by atoms with Crippen LogP contribution in [0, 0.1) is 0 Å². The number of alkyl halides is 3. The summed E-state index contributed by atoms with van der Waals surface area (Å²) in [7, 11) is 0. The summed E-state index contributed by atoms with van der Waals surface area (Å²) in [6.45, 7) is -0.0564. The van der Waals surface area contributed by atoms with Gasteiger partial charge in [-0.2, -0.15) is 13.2 Å². The third-order valence-electron chi connectivity index (χ3n) is 4.39. The summed E-state index contributed by atoms with van der Waals surface area (Å²) in [6.07, 6.45) is -4.45. The Hall–Kier alpha value is -3.65. The van der Waals surface area contributed by atoms with Crippen LogP contribution in [0.4, 0.5) is 13.2 Å². The molecule has 154 valence electrons. The molecule has 0 heterocycles. The molecule has 0 aliphatic heterocycles. The summed E-state index contributed by atoms with van der Waals surface area (Å²) < 4.78 is 38.4. The van der Waals surface area contributed by atoms with Crippen molar-refractivity contribution in [1.82, 2.24) is 10.8 Å². The van der Waals surface area contributed by atoms with Crippen LogP contribution in [0.1, 0.15) is 31.8 Å². The Morgan fingerprint density at radius 3 is 1.93 bits per heavy atom. The molecule has 0 fully saturated rings. The van der Waals surface area contributed by atoms with Gasteiger partial charge in [0.2, 0.25) is 0 Å². The number of amides is 2. The number of hydrogen-bond donors (Lipinski definition) is 3. The highest BCUT2D eigenvalue weighted by Gasteiger charge is 2.30. The molecule has 30 heavy (non-hydrogen) atoms. The minimum atomic E-state index is -4.45. The van der Waals surface area contributed by atoms with Gasteiger partial charge in [-0.25, -0.2) is 5.48 Å². The van der Waals surface area contributed by atoms with E-state index in [0.717, 1.165) is 12.1 Å². The Bertz CT molecular complexity index is 1080. The number of hydroxylamine groups is 1. The van der Waals surface area contributed by atoms with Crippen molar-refractivity contribution in [2.75, 3.05) is 0 Å². The fourth-order valence-electron chi connectivity index (χ4n) is 2.89. The predicted molar refractivity (Wildman–Crippen MR) is 104 cm³/mol. The van der Waals surface area contributed by atoms with E-state index in [1.807, 2.05) is 0 Å². The van der Waals surface area contributed by atoms with Gasteiger partial charge in [0, 0.05) is 17.7 Å². The molecule has 0 aliphatic carbocycles. The molecule has 0 unspecified atom stereocenters. The molecule has 3 N–H and O–H groups in total. The Labute approximate surface area is 170 Å². The molecule has 0 atom stereocenters. The quantitative estimate of drug-likeness (QED) is 0.427. The molecule has 0 saturated carbocycles. The zero-order valence-corrected chi connectivity index (χ0v) is 15.5. The maximum absolute atomic E-state index is 12.8. The summed E-state index contributed by atoms with van der Waals surface area (Å²) in [5.74, 6) is -1.11. The second-order valence-electron chi connectivity index (χ2n) is 6.48. The molecule has 3 aromatic rings. The summed E-state index contributed by atoms with van der Waals surface area (Å²) in [6, 6.07) is 17.8. The van der Waals surface area contributed by atoms with Crippen LogP contribution in [0.2, 0.25) is 0 Å². The standard InChI is InChI=1S/C22H17F3N2O3/c23-22(24,25)19-9-1-4-14(10-19)13-26-20(28)17-7-2-5-15(11-17)16-6-3-8-18(12-16)21(29)27-30/h1-12,30H,13H2,(H,26,28)(H,27,29). The van der Waals surface area contributed by atoms with Gasteiger partial charge in [0.15, 0.2) is 0 Å². The molecule has 3 rings (SSSR count). The first-order valence-corrected chi connectivity index (χ1v) is 8.87. The molecular weight excluding hydrogens is 397 g/mol. The number of carbonyl (C=O) groups is 2. The second kappa shape index (κ2) is 8.79. The lowest BCUT2D eigenvalue weighted by atomic mass is 10.0. The number of nitrogens with one attached hydrogen (secondary N) is 2. The second-order valence-corrected chi connectivity index (χ2v) is 6.48. The van der Waals surface area contributed by atoms with Crippen molar-refractivity contribution in [3.63, 3.8) is 0 Å². The zero-order valence-electron chi connectivity index (χ0n) is 15.5. The van der Waals surface area contributed by atoms with E-state index in [1.54, 1.807) is 47.9 Å². The highest BCUT2D eigenvalue weighted by Crippen LogP contribution is 2.29. The van der Waals surface area contributed by atoms with Gasteiger partial charge in [-0.1, -0.05) is 36.4 Å². The van der Waals surface area contributed by atoms with Crippen molar-refractivity contribution in [3.05, 3.63) is 95.1 Å². The van der Waals surface area contributed by atoms with E-state index < -0.39 is 23.6 Å². The van der Waals surface area contributed by atoms with E-state index in [-0.39, 0.29) is 12.1 Å². The summed E-state index contributed by atoms with van der Waals surface area (Å²) in [5, 5.41) is 11.4. The third kappa shape index (κ3) is 5.03. The first-order valence-electron chi connectivity index (χ1n) is 8.87. The fourth-order valence-corrected chi connectivity index (χ4v) is 2.89. The van der Waals surface area contributed by atoms with E-state index in [9.17, 15) is 22.8 Å². The van der Waals surface area contributed by atoms with Gasteiger partial charge < -0.3 is 5.32 Å². The lowest BCUT2D eigenvalue weighted by Crippen LogP contribution is -2.23. The van der Waals surface area contributed by atoms with Crippen LogP contribution in [-0.2, 0) is 12.7 Å². The molecule has 5 nitrogen and oxygen atoms in total. The van der Waals surface area contributed by atoms with Crippen LogP contribution in [0.3, 0.4) is 0 Å². The van der Waals surface area contributed by atoms with Gasteiger partial charge >= 0.3 is 6.18 Å². The first kappa shape index (κ1) is 21.1. The van der Waals surface area contributed by atoms with Crippen molar-refractivity contribution >= 4 is 11.8 Å². The Kier molecular flexibility index (Phi) is 6.17. The van der Waals surface area contributed by atoms with Gasteiger partial charge in [0.05, 0.1) is 5.56 Å². The van der Waals surface area contributed by atoms with Gasteiger partial charge in [-0.3, -0.25) is 14.8 Å². The molecule has 0 spiro atoms. The molecule has 8 heteroatoms. The van der Waals surface area contributed by atoms with E-state index in [1.165, 1.54) is 18.2 Å². The first-order chi connectivity index (χ1) is 14.3. The van der Waals surface area contributed by atoms with Crippen molar-refractivity contribution in [3.8, 4) is 11.1 Å². The van der Waals surface area contributed by atoms with E-state index in [4.69, 9.17) is 5.21 Å².